The van der Waals surface area contributed by atoms with Crippen LogP contribution in [0.4, 0.5) is 4.39 Å². The molecule has 0 saturated heterocycles. The molecule has 1 aromatic rings. The van der Waals surface area contributed by atoms with E-state index < -0.39 is 17.9 Å². The second kappa shape index (κ2) is 4.76. The van der Waals surface area contributed by atoms with Crippen LogP contribution >= 0.6 is 0 Å². The topological polar surface area (TPSA) is 66.4 Å². The van der Waals surface area contributed by atoms with Crippen LogP contribution in [0.15, 0.2) is 18.2 Å². The van der Waals surface area contributed by atoms with Crippen molar-refractivity contribution in [3.05, 3.63) is 35.1 Å². The van der Waals surface area contributed by atoms with Crippen molar-refractivity contribution in [3.8, 4) is 0 Å². The van der Waals surface area contributed by atoms with Crippen molar-refractivity contribution in [1.82, 2.24) is 5.32 Å². The minimum absolute atomic E-state index is 0.0213. The number of halogens is 1. The Balaban J connectivity index is 2.10. The molecular formula is C13H14FNO3. The quantitative estimate of drug-likeness (QED) is 0.856. The van der Waals surface area contributed by atoms with E-state index in [0.29, 0.717) is 5.56 Å². The Hall–Kier alpha value is -1.91. The van der Waals surface area contributed by atoms with Crippen molar-refractivity contribution in [2.24, 2.45) is 5.92 Å². The Kier molecular flexibility index (Phi) is 3.32. The molecule has 1 aliphatic rings. The average Bonchev–Trinajstić information content (AvgIpc) is 3.13. The Morgan fingerprint density at radius 2 is 2.11 bits per heavy atom. The van der Waals surface area contributed by atoms with Crippen LogP contribution < -0.4 is 5.32 Å². The molecule has 4 nitrogen and oxygen atoms in total. The van der Waals surface area contributed by atoms with Crippen LogP contribution in [0.5, 0.6) is 0 Å². The summed E-state index contributed by atoms with van der Waals surface area (Å²) in [6.45, 7) is 1.56. The van der Waals surface area contributed by atoms with Gasteiger partial charge in [-0.25, -0.2) is 9.18 Å². The van der Waals surface area contributed by atoms with Gasteiger partial charge in [0.15, 0.2) is 0 Å². The van der Waals surface area contributed by atoms with Crippen molar-refractivity contribution >= 4 is 11.9 Å². The number of aliphatic carboxylic acids is 1. The fraction of sp³-hybridized carbons (Fsp3) is 0.385. The maximum atomic E-state index is 13.1. The van der Waals surface area contributed by atoms with Crippen molar-refractivity contribution in [2.75, 3.05) is 0 Å². The molecule has 1 atom stereocenters. The van der Waals surface area contributed by atoms with E-state index >= 15 is 0 Å². The lowest BCUT2D eigenvalue weighted by Crippen LogP contribution is -2.42. The zero-order chi connectivity index (χ0) is 13.3. The molecule has 1 aromatic carbocycles. The Morgan fingerprint density at radius 1 is 1.44 bits per heavy atom. The van der Waals surface area contributed by atoms with E-state index in [-0.39, 0.29) is 17.3 Å². The summed E-state index contributed by atoms with van der Waals surface area (Å²) in [6.07, 6.45) is 1.64. The number of hydrogen-bond donors (Lipinski definition) is 2. The molecular weight excluding hydrogens is 237 g/mol. The van der Waals surface area contributed by atoms with Gasteiger partial charge >= 0.3 is 5.97 Å². The summed E-state index contributed by atoms with van der Waals surface area (Å²) in [5.41, 5.74) is 0.641. The van der Waals surface area contributed by atoms with Gasteiger partial charge in [0.05, 0.1) is 0 Å². The standard InChI is InChI=1S/C13H14FNO3/c1-7-6-9(4-5-10(7)14)12(16)15-11(13(17)18)8-2-3-8/h4-6,8,11H,2-3H2,1H3,(H,15,16)(H,17,18). The summed E-state index contributed by atoms with van der Waals surface area (Å²) in [6, 6.07) is 3.12. The largest absolute Gasteiger partial charge is 0.480 e. The highest BCUT2D eigenvalue weighted by atomic mass is 19.1. The van der Waals surface area contributed by atoms with Crippen molar-refractivity contribution in [3.63, 3.8) is 0 Å². The van der Waals surface area contributed by atoms with Gasteiger partial charge < -0.3 is 10.4 Å². The molecule has 1 unspecified atom stereocenters. The number of carbonyl (C=O) groups is 2. The van der Waals surface area contributed by atoms with Crippen LogP contribution in [-0.2, 0) is 4.79 Å². The summed E-state index contributed by atoms with van der Waals surface area (Å²) < 4.78 is 13.1. The number of carbonyl (C=O) groups excluding carboxylic acids is 1. The predicted molar refractivity (Wildman–Crippen MR) is 62.8 cm³/mol. The van der Waals surface area contributed by atoms with E-state index in [9.17, 15) is 14.0 Å². The van der Waals surface area contributed by atoms with E-state index in [1.54, 1.807) is 6.92 Å². The Bertz CT molecular complexity index is 497. The third kappa shape index (κ3) is 2.67. The lowest BCUT2D eigenvalue weighted by molar-refractivity contribution is -0.139. The van der Waals surface area contributed by atoms with E-state index in [1.165, 1.54) is 18.2 Å². The van der Waals surface area contributed by atoms with Gasteiger partial charge in [0.2, 0.25) is 0 Å². The number of aryl methyl sites for hydroxylation is 1. The zero-order valence-corrected chi connectivity index (χ0v) is 9.94. The molecule has 0 aromatic heterocycles. The van der Waals surface area contributed by atoms with Crippen LogP contribution in [0.25, 0.3) is 0 Å². The summed E-state index contributed by atoms with van der Waals surface area (Å²) in [5.74, 6) is -1.86. The molecule has 1 aliphatic carbocycles. The van der Waals surface area contributed by atoms with Gasteiger partial charge in [-0.1, -0.05) is 0 Å². The third-order valence-corrected chi connectivity index (χ3v) is 3.07. The second-order valence-electron chi connectivity index (χ2n) is 4.59. The molecule has 1 fully saturated rings. The first-order valence-electron chi connectivity index (χ1n) is 5.79. The first kappa shape index (κ1) is 12.5. The van der Waals surface area contributed by atoms with Gasteiger partial charge in [-0.15, -0.1) is 0 Å². The fourth-order valence-electron chi connectivity index (χ4n) is 1.82. The summed E-state index contributed by atoms with van der Waals surface area (Å²) in [7, 11) is 0. The highest BCUT2D eigenvalue weighted by Crippen LogP contribution is 2.32. The van der Waals surface area contributed by atoms with E-state index in [1.807, 2.05) is 0 Å². The number of hydrogen-bond acceptors (Lipinski definition) is 2. The van der Waals surface area contributed by atoms with E-state index in [2.05, 4.69) is 5.32 Å². The minimum Gasteiger partial charge on any atom is -0.480 e. The number of benzene rings is 1. The maximum absolute atomic E-state index is 13.1. The molecule has 0 bridgehead atoms. The van der Waals surface area contributed by atoms with Crippen LogP contribution in [0.3, 0.4) is 0 Å². The average molecular weight is 251 g/mol. The number of carboxylic acid groups (broad SMARTS) is 1. The van der Waals surface area contributed by atoms with Crippen molar-refractivity contribution in [2.45, 2.75) is 25.8 Å². The molecule has 0 aliphatic heterocycles. The van der Waals surface area contributed by atoms with Gasteiger partial charge in [0.1, 0.15) is 11.9 Å². The first-order valence-corrected chi connectivity index (χ1v) is 5.79. The van der Waals surface area contributed by atoms with E-state index in [4.69, 9.17) is 5.11 Å². The summed E-state index contributed by atoms with van der Waals surface area (Å²) in [5, 5.41) is 11.5. The Labute approximate surface area is 104 Å². The Morgan fingerprint density at radius 3 is 2.61 bits per heavy atom. The highest BCUT2D eigenvalue weighted by Gasteiger charge is 2.37. The normalized spacial score (nSPS) is 16.1. The maximum Gasteiger partial charge on any atom is 0.326 e. The molecule has 18 heavy (non-hydrogen) atoms. The fourth-order valence-corrected chi connectivity index (χ4v) is 1.82. The van der Waals surface area contributed by atoms with Gasteiger partial charge in [0.25, 0.3) is 5.91 Å². The molecule has 1 saturated carbocycles. The van der Waals surface area contributed by atoms with Crippen LogP contribution in [0, 0.1) is 18.7 Å². The second-order valence-corrected chi connectivity index (χ2v) is 4.59. The van der Waals surface area contributed by atoms with Crippen LogP contribution in [0.1, 0.15) is 28.8 Å². The molecule has 0 heterocycles. The van der Waals surface area contributed by atoms with Crippen molar-refractivity contribution < 1.29 is 19.1 Å². The van der Waals surface area contributed by atoms with Crippen molar-refractivity contribution in [1.29, 1.82) is 0 Å². The number of nitrogens with one attached hydrogen (secondary N) is 1. The molecule has 5 heteroatoms. The van der Waals surface area contributed by atoms with Crippen LogP contribution in [-0.4, -0.2) is 23.0 Å². The first-order chi connectivity index (χ1) is 8.49. The minimum atomic E-state index is -1.02. The van der Waals surface area contributed by atoms with Gasteiger partial charge in [-0.3, -0.25) is 4.79 Å². The summed E-state index contributed by atoms with van der Waals surface area (Å²) in [4.78, 5) is 22.9. The van der Waals surface area contributed by atoms with Gasteiger partial charge in [0, 0.05) is 5.56 Å². The monoisotopic (exact) mass is 251 g/mol. The smallest absolute Gasteiger partial charge is 0.326 e. The lowest BCUT2D eigenvalue weighted by atomic mass is 10.1. The SMILES string of the molecule is Cc1cc(C(=O)NC(C(=O)O)C2CC2)ccc1F. The lowest BCUT2D eigenvalue weighted by Gasteiger charge is -2.13. The van der Waals surface area contributed by atoms with Gasteiger partial charge in [-0.2, -0.15) is 0 Å². The molecule has 96 valence electrons. The van der Waals surface area contributed by atoms with Gasteiger partial charge in [-0.05, 0) is 49.4 Å². The molecule has 1 amide bonds. The molecule has 0 spiro atoms. The van der Waals surface area contributed by atoms with Crippen LogP contribution in [0.2, 0.25) is 0 Å². The highest BCUT2D eigenvalue weighted by molar-refractivity contribution is 5.96. The van der Waals surface area contributed by atoms with E-state index in [0.717, 1.165) is 12.8 Å². The third-order valence-electron chi connectivity index (χ3n) is 3.07. The molecule has 2 N–H and O–H groups in total. The zero-order valence-electron chi connectivity index (χ0n) is 9.94. The summed E-state index contributed by atoms with van der Waals surface area (Å²) >= 11 is 0. The molecule has 2 rings (SSSR count). The number of amides is 1. The predicted octanol–water partition coefficient (Wildman–Crippen LogP) is 1.73. The number of carboxylic acids is 1. The molecule has 0 radical (unpaired) electrons. The number of rotatable bonds is 4.